The molecule has 1 aliphatic rings. The Morgan fingerprint density at radius 2 is 1.64 bits per heavy atom. The molecule has 9 nitrogen and oxygen atoms in total. The predicted octanol–water partition coefficient (Wildman–Crippen LogP) is 2.55. The molecule has 1 amide bonds. The summed E-state index contributed by atoms with van der Waals surface area (Å²) in [6.45, 7) is 5.54. The lowest BCUT2D eigenvalue weighted by Gasteiger charge is -2.36. The van der Waals surface area contributed by atoms with E-state index in [-0.39, 0.29) is 11.9 Å². The minimum absolute atomic E-state index is 0.0413. The number of aromatic nitrogens is 6. The Labute approximate surface area is 191 Å². The summed E-state index contributed by atoms with van der Waals surface area (Å²) in [6.07, 6.45) is 7.20. The second kappa shape index (κ2) is 8.95. The molecule has 0 radical (unpaired) electrons. The Bertz CT molecular complexity index is 1250. The molecule has 2 aromatic heterocycles. The molecule has 1 unspecified atom stereocenters. The first kappa shape index (κ1) is 21.0. The predicted molar refractivity (Wildman–Crippen MR) is 122 cm³/mol. The van der Waals surface area contributed by atoms with Crippen LogP contribution < -0.4 is 0 Å². The second-order valence-corrected chi connectivity index (χ2v) is 8.21. The highest BCUT2D eigenvalue weighted by molar-refractivity contribution is 5.98. The monoisotopic (exact) mass is 443 g/mol. The zero-order valence-electron chi connectivity index (χ0n) is 18.6. The van der Waals surface area contributed by atoms with E-state index in [1.54, 1.807) is 29.6 Å². The summed E-state index contributed by atoms with van der Waals surface area (Å²) in [5.74, 6) is -0.0413. The quantitative estimate of drug-likeness (QED) is 0.471. The Morgan fingerprint density at radius 3 is 2.36 bits per heavy atom. The summed E-state index contributed by atoms with van der Waals surface area (Å²) in [5.41, 5.74) is 5.37. The number of amides is 1. The summed E-state index contributed by atoms with van der Waals surface area (Å²) in [5, 5.41) is 17.0. The normalized spacial score (nSPS) is 16.2. The van der Waals surface area contributed by atoms with Gasteiger partial charge in [-0.05, 0) is 49.6 Å². The Kier molecular flexibility index (Phi) is 5.70. The van der Waals surface area contributed by atoms with E-state index in [0.29, 0.717) is 37.4 Å². The van der Waals surface area contributed by atoms with E-state index in [1.165, 1.54) is 4.80 Å². The largest absolute Gasteiger partial charge is 0.377 e. The molecule has 1 aliphatic heterocycles. The number of nitrogens with zero attached hydrogens (tertiary/aromatic N) is 7. The van der Waals surface area contributed by atoms with Crippen molar-refractivity contribution in [1.29, 1.82) is 0 Å². The van der Waals surface area contributed by atoms with Gasteiger partial charge in [0.1, 0.15) is 0 Å². The van der Waals surface area contributed by atoms with Gasteiger partial charge in [0.05, 0.1) is 61.0 Å². The molecule has 1 atom stereocenters. The second-order valence-electron chi connectivity index (χ2n) is 8.21. The summed E-state index contributed by atoms with van der Waals surface area (Å²) in [7, 11) is 0. The van der Waals surface area contributed by atoms with Gasteiger partial charge in [0.2, 0.25) is 0 Å². The molecule has 0 aliphatic carbocycles. The fourth-order valence-corrected chi connectivity index (χ4v) is 4.19. The van der Waals surface area contributed by atoms with Gasteiger partial charge in [0.25, 0.3) is 5.91 Å². The molecule has 1 saturated heterocycles. The van der Waals surface area contributed by atoms with Crippen molar-refractivity contribution in [3.63, 3.8) is 0 Å². The zero-order valence-corrected chi connectivity index (χ0v) is 18.6. The van der Waals surface area contributed by atoms with Crippen LogP contribution in [0, 0.1) is 13.8 Å². The number of carbonyl (C=O) groups is 1. The van der Waals surface area contributed by atoms with Crippen LogP contribution in [0.15, 0.2) is 61.2 Å². The van der Waals surface area contributed by atoms with E-state index in [4.69, 9.17) is 4.74 Å². The van der Waals surface area contributed by atoms with Crippen molar-refractivity contribution in [2.75, 3.05) is 19.8 Å². The maximum Gasteiger partial charge on any atom is 0.256 e. The van der Waals surface area contributed by atoms with Crippen LogP contribution in [0.3, 0.4) is 0 Å². The number of aryl methyl sites for hydroxylation is 2. The minimum atomic E-state index is -0.0914. The van der Waals surface area contributed by atoms with Crippen molar-refractivity contribution in [2.24, 2.45) is 0 Å². The Morgan fingerprint density at radius 1 is 0.939 bits per heavy atom. The van der Waals surface area contributed by atoms with Gasteiger partial charge in [-0.1, -0.05) is 23.8 Å². The number of benzene rings is 2. The van der Waals surface area contributed by atoms with Crippen LogP contribution in [-0.2, 0) is 11.2 Å². The van der Waals surface area contributed by atoms with Crippen LogP contribution in [0.25, 0.3) is 11.4 Å². The van der Waals surface area contributed by atoms with Crippen molar-refractivity contribution in [1.82, 2.24) is 34.9 Å². The number of hydrogen-bond donors (Lipinski definition) is 0. The molecule has 4 aromatic rings. The van der Waals surface area contributed by atoms with Crippen molar-refractivity contribution >= 4 is 5.91 Å². The zero-order chi connectivity index (χ0) is 22.8. The lowest BCUT2D eigenvalue weighted by atomic mass is 10.00. The van der Waals surface area contributed by atoms with Crippen LogP contribution >= 0.6 is 0 Å². The minimum Gasteiger partial charge on any atom is -0.377 e. The molecule has 0 saturated carbocycles. The fourth-order valence-electron chi connectivity index (χ4n) is 4.19. The molecule has 5 rings (SSSR count). The molecular weight excluding hydrogens is 418 g/mol. The number of carbonyl (C=O) groups excluding carboxylic acids is 1. The topological polar surface area (TPSA) is 91.0 Å². The van der Waals surface area contributed by atoms with E-state index in [2.05, 4.69) is 38.6 Å². The molecule has 3 heterocycles. The Hall–Kier alpha value is -3.85. The van der Waals surface area contributed by atoms with Crippen molar-refractivity contribution in [3.8, 4) is 11.4 Å². The van der Waals surface area contributed by atoms with Crippen LogP contribution in [0.1, 0.15) is 27.0 Å². The summed E-state index contributed by atoms with van der Waals surface area (Å²) in [4.78, 5) is 18.8. The maximum absolute atomic E-state index is 13.8. The lowest BCUT2D eigenvalue weighted by molar-refractivity contribution is -0.00165. The number of rotatable bonds is 5. The van der Waals surface area contributed by atoms with Gasteiger partial charge in [-0.3, -0.25) is 4.79 Å². The van der Waals surface area contributed by atoms with Gasteiger partial charge < -0.3 is 9.64 Å². The third kappa shape index (κ3) is 4.27. The Balaban J connectivity index is 1.44. The molecule has 168 valence electrons. The smallest absolute Gasteiger partial charge is 0.256 e. The van der Waals surface area contributed by atoms with Gasteiger partial charge in [-0.25, -0.2) is 0 Å². The molecule has 9 heteroatoms. The first-order chi connectivity index (χ1) is 16.1. The molecule has 33 heavy (non-hydrogen) atoms. The standard InChI is InChI=1S/C24H25N7O2/c1-17-3-6-22(30-25-7-8-26-30)21(13-17)24(32)29-11-12-33-16-20(29)14-19-5-4-18(2)23(15-19)31-27-9-10-28-31/h3-10,13,15,20H,11-12,14,16H2,1-2H3. The molecular formula is C24H25N7O2. The van der Waals surface area contributed by atoms with Gasteiger partial charge >= 0.3 is 0 Å². The summed E-state index contributed by atoms with van der Waals surface area (Å²) in [6, 6.07) is 11.9. The molecule has 0 bridgehead atoms. The van der Waals surface area contributed by atoms with Crippen LogP contribution in [0.5, 0.6) is 0 Å². The van der Waals surface area contributed by atoms with Gasteiger partial charge in [-0.2, -0.15) is 30.0 Å². The third-order valence-electron chi connectivity index (χ3n) is 5.88. The van der Waals surface area contributed by atoms with Gasteiger partial charge in [0.15, 0.2) is 0 Å². The number of morpholine rings is 1. The molecule has 2 aromatic carbocycles. The highest BCUT2D eigenvalue weighted by Gasteiger charge is 2.30. The van der Waals surface area contributed by atoms with Crippen molar-refractivity contribution in [3.05, 3.63) is 83.4 Å². The van der Waals surface area contributed by atoms with E-state index in [0.717, 1.165) is 22.4 Å². The highest BCUT2D eigenvalue weighted by Crippen LogP contribution is 2.23. The summed E-state index contributed by atoms with van der Waals surface area (Å²) < 4.78 is 5.77. The third-order valence-corrected chi connectivity index (χ3v) is 5.88. The van der Waals surface area contributed by atoms with E-state index >= 15 is 0 Å². The molecule has 0 N–H and O–H groups in total. The average molecular weight is 444 g/mol. The van der Waals surface area contributed by atoms with Crippen LogP contribution in [0.2, 0.25) is 0 Å². The van der Waals surface area contributed by atoms with E-state index in [1.807, 2.05) is 36.9 Å². The first-order valence-corrected chi connectivity index (χ1v) is 10.9. The van der Waals surface area contributed by atoms with Gasteiger partial charge in [0, 0.05) is 6.54 Å². The number of ether oxygens (including phenoxy) is 1. The van der Waals surface area contributed by atoms with E-state index < -0.39 is 0 Å². The average Bonchev–Trinajstić information content (AvgIpc) is 3.55. The lowest BCUT2D eigenvalue weighted by Crippen LogP contribution is -2.50. The van der Waals surface area contributed by atoms with Crippen LogP contribution in [-0.4, -0.2) is 66.6 Å². The summed E-state index contributed by atoms with van der Waals surface area (Å²) >= 11 is 0. The van der Waals surface area contributed by atoms with Crippen molar-refractivity contribution in [2.45, 2.75) is 26.3 Å². The van der Waals surface area contributed by atoms with Crippen LogP contribution in [0.4, 0.5) is 0 Å². The maximum atomic E-state index is 13.8. The SMILES string of the molecule is Cc1ccc(-n2nccn2)c(C(=O)N2CCOCC2Cc2ccc(C)c(-n3nccn3)c2)c1. The molecule has 1 fully saturated rings. The fraction of sp³-hybridized carbons (Fsp3) is 0.292. The highest BCUT2D eigenvalue weighted by atomic mass is 16.5. The van der Waals surface area contributed by atoms with Crippen molar-refractivity contribution < 1.29 is 9.53 Å². The molecule has 0 spiro atoms. The van der Waals surface area contributed by atoms with E-state index in [9.17, 15) is 4.79 Å². The number of hydrogen-bond acceptors (Lipinski definition) is 6. The van der Waals surface area contributed by atoms with Gasteiger partial charge in [-0.15, -0.1) is 0 Å². The first-order valence-electron chi connectivity index (χ1n) is 10.9.